The van der Waals surface area contributed by atoms with E-state index in [9.17, 15) is 12.8 Å². The van der Waals surface area contributed by atoms with Crippen LogP contribution in [0.2, 0.25) is 0 Å². The molecule has 1 aromatic heterocycles. The molecule has 0 saturated carbocycles. The SMILES string of the molecule is CS(=O)(=O)c1ccc(-c2cccc(CCc3ccc(F)cc3)n2)cc1. The normalized spacial score (nSPS) is 11.4. The third-order valence-corrected chi connectivity index (χ3v) is 5.10. The van der Waals surface area contributed by atoms with E-state index in [1.165, 1.54) is 18.4 Å². The summed E-state index contributed by atoms with van der Waals surface area (Å²) in [5.74, 6) is -0.235. The van der Waals surface area contributed by atoms with E-state index in [1.54, 1.807) is 36.4 Å². The lowest BCUT2D eigenvalue weighted by atomic mass is 10.1. The molecule has 128 valence electrons. The van der Waals surface area contributed by atoms with E-state index in [2.05, 4.69) is 4.98 Å². The Labute approximate surface area is 147 Å². The molecule has 0 N–H and O–H groups in total. The topological polar surface area (TPSA) is 47.0 Å². The van der Waals surface area contributed by atoms with Gasteiger partial charge >= 0.3 is 0 Å². The molecule has 3 nitrogen and oxygen atoms in total. The molecule has 0 amide bonds. The molecule has 3 rings (SSSR count). The van der Waals surface area contributed by atoms with E-state index in [1.807, 2.05) is 18.2 Å². The van der Waals surface area contributed by atoms with Gasteiger partial charge < -0.3 is 0 Å². The molecule has 0 bridgehead atoms. The van der Waals surface area contributed by atoms with Crippen LogP contribution >= 0.6 is 0 Å². The molecular weight excluding hydrogens is 337 g/mol. The number of halogens is 1. The van der Waals surface area contributed by atoms with Gasteiger partial charge in [-0.05, 0) is 54.8 Å². The summed E-state index contributed by atoms with van der Waals surface area (Å²) in [6, 6.07) is 19.0. The second-order valence-electron chi connectivity index (χ2n) is 5.94. The Morgan fingerprint density at radius 2 is 1.56 bits per heavy atom. The minimum atomic E-state index is -3.20. The van der Waals surface area contributed by atoms with Gasteiger partial charge in [0.25, 0.3) is 0 Å². The number of hydrogen-bond acceptors (Lipinski definition) is 3. The zero-order valence-corrected chi connectivity index (χ0v) is 14.6. The van der Waals surface area contributed by atoms with E-state index < -0.39 is 9.84 Å². The lowest BCUT2D eigenvalue weighted by Crippen LogP contribution is -1.98. The fourth-order valence-electron chi connectivity index (χ4n) is 2.58. The van der Waals surface area contributed by atoms with Crippen molar-refractivity contribution in [2.45, 2.75) is 17.7 Å². The summed E-state index contributed by atoms with van der Waals surface area (Å²) < 4.78 is 36.0. The minimum Gasteiger partial charge on any atom is -0.253 e. The predicted octanol–water partition coefficient (Wildman–Crippen LogP) is 4.08. The second kappa shape index (κ2) is 7.15. The lowest BCUT2D eigenvalue weighted by molar-refractivity contribution is 0.602. The van der Waals surface area contributed by atoms with Gasteiger partial charge in [0.2, 0.25) is 0 Å². The number of aryl methyl sites for hydroxylation is 2. The zero-order valence-electron chi connectivity index (χ0n) is 13.8. The van der Waals surface area contributed by atoms with Gasteiger partial charge in [0.05, 0.1) is 10.6 Å². The van der Waals surface area contributed by atoms with Gasteiger partial charge in [-0.3, -0.25) is 4.98 Å². The molecule has 0 aliphatic carbocycles. The first kappa shape index (κ1) is 17.3. The Hall–Kier alpha value is -2.53. The average Bonchev–Trinajstić information content (AvgIpc) is 2.61. The van der Waals surface area contributed by atoms with Crippen LogP contribution in [0.5, 0.6) is 0 Å². The summed E-state index contributed by atoms with van der Waals surface area (Å²) in [5, 5.41) is 0. The molecule has 2 aromatic carbocycles. The first-order valence-electron chi connectivity index (χ1n) is 7.93. The fraction of sp³-hybridized carbons (Fsp3) is 0.150. The van der Waals surface area contributed by atoms with E-state index in [0.29, 0.717) is 4.90 Å². The predicted molar refractivity (Wildman–Crippen MR) is 96.6 cm³/mol. The molecule has 5 heteroatoms. The van der Waals surface area contributed by atoms with Crippen molar-refractivity contribution in [3.05, 3.63) is 83.8 Å². The molecule has 3 aromatic rings. The van der Waals surface area contributed by atoms with Gasteiger partial charge in [0.1, 0.15) is 5.82 Å². The third kappa shape index (κ3) is 4.51. The number of rotatable bonds is 5. The van der Waals surface area contributed by atoms with Crippen molar-refractivity contribution in [3.63, 3.8) is 0 Å². The van der Waals surface area contributed by atoms with Crippen molar-refractivity contribution in [2.75, 3.05) is 6.26 Å². The monoisotopic (exact) mass is 355 g/mol. The van der Waals surface area contributed by atoms with Gasteiger partial charge in [-0.25, -0.2) is 12.8 Å². The van der Waals surface area contributed by atoms with Crippen LogP contribution in [-0.2, 0) is 22.7 Å². The van der Waals surface area contributed by atoms with Crippen LogP contribution in [0.1, 0.15) is 11.3 Å². The largest absolute Gasteiger partial charge is 0.253 e. The molecule has 0 atom stereocenters. The van der Waals surface area contributed by atoms with Crippen LogP contribution < -0.4 is 0 Å². The molecule has 0 aliphatic rings. The maximum Gasteiger partial charge on any atom is 0.175 e. The van der Waals surface area contributed by atoms with E-state index in [4.69, 9.17) is 0 Å². The summed E-state index contributed by atoms with van der Waals surface area (Å²) in [6.07, 6.45) is 2.72. The van der Waals surface area contributed by atoms with E-state index >= 15 is 0 Å². The van der Waals surface area contributed by atoms with Crippen molar-refractivity contribution in [1.29, 1.82) is 0 Å². The Balaban J connectivity index is 1.76. The number of nitrogens with zero attached hydrogens (tertiary/aromatic N) is 1. The Morgan fingerprint density at radius 3 is 2.20 bits per heavy atom. The second-order valence-corrected chi connectivity index (χ2v) is 7.95. The van der Waals surface area contributed by atoms with Crippen molar-refractivity contribution < 1.29 is 12.8 Å². The van der Waals surface area contributed by atoms with Gasteiger partial charge in [0, 0.05) is 17.5 Å². The molecule has 1 heterocycles. The molecule has 0 fully saturated rings. The number of sulfone groups is 1. The van der Waals surface area contributed by atoms with Crippen LogP contribution in [0.3, 0.4) is 0 Å². The standard InChI is InChI=1S/C20H18FNO2S/c1-25(23,24)19-13-8-16(9-14-19)20-4-2-3-18(22-20)12-7-15-5-10-17(21)11-6-15/h2-6,8-11,13-14H,7,12H2,1H3. The van der Waals surface area contributed by atoms with Crippen LogP contribution in [0.15, 0.2) is 71.6 Å². The van der Waals surface area contributed by atoms with E-state index in [-0.39, 0.29) is 5.82 Å². The van der Waals surface area contributed by atoms with Crippen LogP contribution in [0, 0.1) is 5.82 Å². The quantitative estimate of drug-likeness (QED) is 0.693. The molecule has 25 heavy (non-hydrogen) atoms. The molecule has 0 saturated heterocycles. The molecular formula is C20H18FNO2S. The van der Waals surface area contributed by atoms with Crippen molar-refractivity contribution in [2.24, 2.45) is 0 Å². The highest BCUT2D eigenvalue weighted by Gasteiger charge is 2.08. The highest BCUT2D eigenvalue weighted by atomic mass is 32.2. The Kier molecular flexibility index (Phi) is 4.95. The maximum atomic E-state index is 12.9. The van der Waals surface area contributed by atoms with Gasteiger partial charge in [-0.15, -0.1) is 0 Å². The van der Waals surface area contributed by atoms with Gasteiger partial charge in [-0.1, -0.05) is 30.3 Å². The van der Waals surface area contributed by atoms with Crippen molar-refractivity contribution in [3.8, 4) is 11.3 Å². The maximum absolute atomic E-state index is 12.9. The smallest absolute Gasteiger partial charge is 0.175 e. The van der Waals surface area contributed by atoms with Crippen LogP contribution in [0.25, 0.3) is 11.3 Å². The van der Waals surface area contributed by atoms with Crippen LogP contribution in [0.4, 0.5) is 4.39 Å². The molecule has 0 radical (unpaired) electrons. The average molecular weight is 355 g/mol. The Bertz CT molecular complexity index is 965. The van der Waals surface area contributed by atoms with Gasteiger partial charge in [0.15, 0.2) is 9.84 Å². The summed E-state index contributed by atoms with van der Waals surface area (Å²) in [6.45, 7) is 0. The summed E-state index contributed by atoms with van der Waals surface area (Å²) in [4.78, 5) is 4.94. The highest BCUT2D eigenvalue weighted by Crippen LogP contribution is 2.20. The minimum absolute atomic E-state index is 0.235. The summed E-state index contributed by atoms with van der Waals surface area (Å²) in [7, 11) is -3.20. The molecule has 0 unspecified atom stereocenters. The zero-order chi connectivity index (χ0) is 17.9. The third-order valence-electron chi connectivity index (χ3n) is 3.97. The highest BCUT2D eigenvalue weighted by molar-refractivity contribution is 7.90. The van der Waals surface area contributed by atoms with E-state index in [0.717, 1.165) is 35.4 Å². The van der Waals surface area contributed by atoms with Crippen molar-refractivity contribution in [1.82, 2.24) is 4.98 Å². The first-order chi connectivity index (χ1) is 11.9. The number of hydrogen-bond donors (Lipinski definition) is 0. The summed E-state index contributed by atoms with van der Waals surface area (Å²) in [5.41, 5.74) is 3.67. The number of aromatic nitrogens is 1. The molecule has 0 aliphatic heterocycles. The van der Waals surface area contributed by atoms with Crippen molar-refractivity contribution >= 4 is 9.84 Å². The number of pyridine rings is 1. The van der Waals surface area contributed by atoms with Gasteiger partial charge in [-0.2, -0.15) is 0 Å². The molecule has 0 spiro atoms. The number of benzene rings is 2. The Morgan fingerprint density at radius 1 is 0.880 bits per heavy atom. The van der Waals surface area contributed by atoms with Crippen LogP contribution in [-0.4, -0.2) is 19.7 Å². The summed E-state index contributed by atoms with van der Waals surface area (Å²) >= 11 is 0. The fourth-order valence-corrected chi connectivity index (χ4v) is 3.21. The first-order valence-corrected chi connectivity index (χ1v) is 9.82. The lowest BCUT2D eigenvalue weighted by Gasteiger charge is -2.06.